The van der Waals surface area contributed by atoms with E-state index in [0.717, 1.165) is 37.4 Å². The Balaban J connectivity index is 1.33. The van der Waals surface area contributed by atoms with E-state index in [4.69, 9.17) is 4.52 Å². The van der Waals surface area contributed by atoms with Gasteiger partial charge in [-0.3, -0.25) is 9.69 Å². The number of aryl methyl sites for hydroxylation is 1. The molecule has 1 aromatic heterocycles. The molecule has 0 atom stereocenters. The number of likely N-dealkylation sites (tertiary alicyclic amines) is 1. The minimum atomic E-state index is -0.212. The normalized spacial score (nSPS) is 15.3. The number of hydrogen-bond donors (Lipinski definition) is 3. The van der Waals surface area contributed by atoms with E-state index in [1.54, 1.807) is 6.07 Å². The number of nitrogens with zero attached hydrogens (tertiary/aromatic N) is 2. The fourth-order valence-electron chi connectivity index (χ4n) is 3.07. The van der Waals surface area contributed by atoms with Crippen LogP contribution < -0.4 is 16.0 Å². The van der Waals surface area contributed by atoms with Gasteiger partial charge in [-0.25, -0.2) is 4.79 Å². The van der Waals surface area contributed by atoms with Gasteiger partial charge in [-0.2, -0.15) is 0 Å². The Bertz CT molecular complexity index is 754. The highest BCUT2D eigenvalue weighted by Gasteiger charge is 2.22. The first-order valence-corrected chi connectivity index (χ1v) is 9.12. The van der Waals surface area contributed by atoms with Gasteiger partial charge in [0.2, 0.25) is 5.91 Å². The summed E-state index contributed by atoms with van der Waals surface area (Å²) in [6, 6.07) is 11.1. The van der Waals surface area contributed by atoms with Gasteiger partial charge in [0.25, 0.3) is 0 Å². The molecule has 3 N–H and O–H groups in total. The highest BCUT2D eigenvalue weighted by atomic mass is 16.5. The first-order valence-electron chi connectivity index (χ1n) is 9.12. The van der Waals surface area contributed by atoms with Gasteiger partial charge in [-0.15, -0.1) is 0 Å². The Kier molecular flexibility index (Phi) is 6.43. The summed E-state index contributed by atoms with van der Waals surface area (Å²) in [6.07, 6.45) is 1.63. The molecule has 1 saturated heterocycles. The fourth-order valence-corrected chi connectivity index (χ4v) is 3.07. The SMILES string of the molecule is Cc1cc(CNC(=O)NC2CCN(CC(=O)Nc3ccccc3)CC2)no1. The first-order chi connectivity index (χ1) is 13.1. The zero-order chi connectivity index (χ0) is 19.1. The van der Waals surface area contributed by atoms with Gasteiger partial charge in [-0.05, 0) is 31.9 Å². The van der Waals surface area contributed by atoms with Crippen molar-refractivity contribution in [3.8, 4) is 0 Å². The number of piperidine rings is 1. The largest absolute Gasteiger partial charge is 0.361 e. The van der Waals surface area contributed by atoms with Gasteiger partial charge in [0.1, 0.15) is 11.5 Å². The second kappa shape index (κ2) is 9.18. The standard InChI is InChI=1S/C19H25N5O3/c1-14-11-17(23-27-14)12-20-19(26)22-16-7-9-24(10-8-16)13-18(25)21-15-5-3-2-4-6-15/h2-6,11,16H,7-10,12-13H2,1H3,(H,21,25)(H2,20,22,26). The number of nitrogens with one attached hydrogen (secondary N) is 3. The fraction of sp³-hybridized carbons (Fsp3) is 0.421. The van der Waals surface area contributed by atoms with Crippen molar-refractivity contribution in [2.75, 3.05) is 25.0 Å². The van der Waals surface area contributed by atoms with Crippen LogP contribution >= 0.6 is 0 Å². The summed E-state index contributed by atoms with van der Waals surface area (Å²) in [7, 11) is 0. The Labute approximate surface area is 158 Å². The van der Waals surface area contributed by atoms with Crippen molar-refractivity contribution in [3.05, 3.63) is 47.9 Å². The predicted molar refractivity (Wildman–Crippen MR) is 101 cm³/mol. The maximum Gasteiger partial charge on any atom is 0.315 e. The van der Waals surface area contributed by atoms with Gasteiger partial charge in [-0.1, -0.05) is 23.4 Å². The molecule has 1 aliphatic heterocycles. The molecule has 0 spiro atoms. The van der Waals surface area contributed by atoms with Crippen molar-refractivity contribution >= 4 is 17.6 Å². The van der Waals surface area contributed by atoms with Gasteiger partial charge in [0.15, 0.2) is 0 Å². The number of amides is 3. The molecule has 0 aliphatic carbocycles. The number of carbonyl (C=O) groups is 2. The van der Waals surface area contributed by atoms with Crippen molar-refractivity contribution in [1.82, 2.24) is 20.7 Å². The third-order valence-corrected chi connectivity index (χ3v) is 4.45. The van der Waals surface area contributed by atoms with Crippen molar-refractivity contribution in [3.63, 3.8) is 0 Å². The molecule has 2 aromatic rings. The summed E-state index contributed by atoms with van der Waals surface area (Å²) in [5.74, 6) is 0.698. The van der Waals surface area contributed by atoms with E-state index in [2.05, 4.69) is 26.0 Å². The minimum absolute atomic E-state index is 0.0201. The lowest BCUT2D eigenvalue weighted by Crippen LogP contribution is -2.48. The zero-order valence-electron chi connectivity index (χ0n) is 15.4. The minimum Gasteiger partial charge on any atom is -0.361 e. The lowest BCUT2D eigenvalue weighted by Gasteiger charge is -2.31. The third-order valence-electron chi connectivity index (χ3n) is 4.45. The number of rotatable bonds is 6. The van der Waals surface area contributed by atoms with E-state index in [1.807, 2.05) is 37.3 Å². The highest BCUT2D eigenvalue weighted by molar-refractivity contribution is 5.92. The monoisotopic (exact) mass is 371 g/mol. The van der Waals surface area contributed by atoms with Crippen LogP contribution in [0.15, 0.2) is 40.9 Å². The van der Waals surface area contributed by atoms with Gasteiger partial charge in [0, 0.05) is 30.9 Å². The van der Waals surface area contributed by atoms with Crippen LogP contribution in [0.4, 0.5) is 10.5 Å². The number of anilines is 1. The summed E-state index contributed by atoms with van der Waals surface area (Å²) in [5, 5.41) is 12.5. The number of carbonyl (C=O) groups excluding carboxylic acids is 2. The lowest BCUT2D eigenvalue weighted by molar-refractivity contribution is -0.117. The highest BCUT2D eigenvalue weighted by Crippen LogP contribution is 2.11. The Hall–Kier alpha value is -2.87. The number of aromatic nitrogens is 1. The Morgan fingerprint density at radius 1 is 1.22 bits per heavy atom. The maximum absolute atomic E-state index is 12.1. The van der Waals surface area contributed by atoms with Crippen molar-refractivity contribution in [2.24, 2.45) is 0 Å². The van der Waals surface area contributed by atoms with Crippen LogP contribution in [0.25, 0.3) is 0 Å². The summed E-state index contributed by atoms with van der Waals surface area (Å²) in [6.45, 7) is 4.05. The topological polar surface area (TPSA) is 99.5 Å². The van der Waals surface area contributed by atoms with Gasteiger partial charge < -0.3 is 20.5 Å². The van der Waals surface area contributed by atoms with Crippen LogP contribution in [0.3, 0.4) is 0 Å². The molecule has 1 fully saturated rings. The molecule has 2 heterocycles. The van der Waals surface area contributed by atoms with Crippen LogP contribution in [0, 0.1) is 6.92 Å². The van der Waals surface area contributed by atoms with Crippen LogP contribution in [-0.2, 0) is 11.3 Å². The first kappa shape index (κ1) is 18.9. The van der Waals surface area contributed by atoms with Crippen LogP contribution in [0.5, 0.6) is 0 Å². The molecule has 144 valence electrons. The van der Waals surface area contributed by atoms with E-state index in [-0.39, 0.29) is 18.0 Å². The predicted octanol–water partition coefficient (Wildman–Crippen LogP) is 1.89. The summed E-state index contributed by atoms with van der Waals surface area (Å²) in [4.78, 5) is 26.2. The van der Waals surface area contributed by atoms with E-state index in [9.17, 15) is 9.59 Å². The smallest absolute Gasteiger partial charge is 0.315 e. The molecule has 1 aliphatic rings. The second-order valence-corrected chi connectivity index (χ2v) is 6.72. The maximum atomic E-state index is 12.1. The van der Waals surface area contributed by atoms with Crippen LogP contribution in [0.2, 0.25) is 0 Å². The molecule has 0 bridgehead atoms. The van der Waals surface area contributed by atoms with Crippen molar-refractivity contribution in [1.29, 1.82) is 0 Å². The molecule has 0 saturated carbocycles. The van der Waals surface area contributed by atoms with E-state index >= 15 is 0 Å². The average Bonchev–Trinajstić information content (AvgIpc) is 3.08. The number of urea groups is 1. The van der Waals surface area contributed by atoms with E-state index < -0.39 is 0 Å². The van der Waals surface area contributed by atoms with Crippen molar-refractivity contribution in [2.45, 2.75) is 32.4 Å². The second-order valence-electron chi connectivity index (χ2n) is 6.72. The summed E-state index contributed by atoms with van der Waals surface area (Å²) < 4.78 is 4.97. The molecule has 8 nitrogen and oxygen atoms in total. The van der Waals surface area contributed by atoms with Crippen LogP contribution in [-0.4, -0.2) is 47.7 Å². The average molecular weight is 371 g/mol. The molecule has 3 amide bonds. The third kappa shape index (κ3) is 6.10. The quantitative estimate of drug-likeness (QED) is 0.720. The lowest BCUT2D eigenvalue weighted by atomic mass is 10.1. The number of benzene rings is 1. The van der Waals surface area contributed by atoms with Crippen LogP contribution in [0.1, 0.15) is 24.3 Å². The van der Waals surface area contributed by atoms with Gasteiger partial charge in [0.05, 0.1) is 13.1 Å². The molecule has 8 heteroatoms. The van der Waals surface area contributed by atoms with Gasteiger partial charge >= 0.3 is 6.03 Å². The zero-order valence-corrected chi connectivity index (χ0v) is 15.4. The van der Waals surface area contributed by atoms with Crippen molar-refractivity contribution < 1.29 is 14.1 Å². The molecular weight excluding hydrogens is 346 g/mol. The summed E-state index contributed by atoms with van der Waals surface area (Å²) in [5.41, 5.74) is 1.50. The molecule has 0 radical (unpaired) electrons. The molecule has 27 heavy (non-hydrogen) atoms. The molecule has 3 rings (SSSR count). The summed E-state index contributed by atoms with van der Waals surface area (Å²) >= 11 is 0. The van der Waals surface area contributed by atoms with E-state index in [1.165, 1.54) is 0 Å². The van der Waals surface area contributed by atoms with E-state index in [0.29, 0.717) is 18.8 Å². The Morgan fingerprint density at radius 3 is 2.63 bits per heavy atom. The molecule has 0 unspecified atom stereocenters. The molecule has 1 aromatic carbocycles. The number of hydrogen-bond acceptors (Lipinski definition) is 5. The Morgan fingerprint density at radius 2 is 1.96 bits per heavy atom. The number of para-hydroxylation sites is 1. The molecular formula is C19H25N5O3.